The fraction of sp³-hybridized carbons (Fsp3) is 0.692. The Hall–Kier alpha value is -0.380. The van der Waals surface area contributed by atoms with Crippen LogP contribution in [-0.2, 0) is 6.42 Å². The number of hydrogen-bond acceptors (Lipinski definition) is 3. The maximum Gasteiger partial charge on any atom is 0.224 e. The average Bonchev–Trinajstić information content (AvgIpc) is 2.27. The third-order valence-electron chi connectivity index (χ3n) is 3.20. The molecule has 1 heterocycles. The average molecular weight is 290 g/mol. The summed E-state index contributed by atoms with van der Waals surface area (Å²) in [4.78, 5) is 10.4. The predicted octanol–water partition coefficient (Wildman–Crippen LogP) is 3.61. The summed E-state index contributed by atoms with van der Waals surface area (Å²) in [5, 5.41) is 0.693. The van der Waals surface area contributed by atoms with E-state index in [1.165, 1.54) is 6.42 Å². The molecule has 1 rings (SSSR count). The third-order valence-corrected chi connectivity index (χ3v) is 3.68. The molecule has 0 amide bonds. The summed E-state index contributed by atoms with van der Waals surface area (Å²) in [7, 11) is 2.13. The molecule has 5 heteroatoms. The Balaban J connectivity index is 2.58. The SMILES string of the molecule is CCC(C)CN(C)CCc1c(C)nc(Cl)nc1Cl. The van der Waals surface area contributed by atoms with Gasteiger partial charge in [-0.1, -0.05) is 31.9 Å². The van der Waals surface area contributed by atoms with Gasteiger partial charge in [0.2, 0.25) is 5.28 Å². The molecule has 0 aliphatic heterocycles. The van der Waals surface area contributed by atoms with E-state index in [4.69, 9.17) is 23.2 Å². The zero-order chi connectivity index (χ0) is 13.7. The van der Waals surface area contributed by atoms with Crippen molar-refractivity contribution >= 4 is 23.2 Å². The van der Waals surface area contributed by atoms with Gasteiger partial charge in [0, 0.05) is 24.3 Å². The fourth-order valence-corrected chi connectivity index (χ4v) is 2.43. The third kappa shape index (κ3) is 4.71. The number of nitrogens with zero attached hydrogens (tertiary/aromatic N) is 3. The Morgan fingerprint density at radius 2 is 1.94 bits per heavy atom. The van der Waals surface area contributed by atoms with Gasteiger partial charge in [-0.25, -0.2) is 9.97 Å². The number of halogens is 2. The van der Waals surface area contributed by atoms with Gasteiger partial charge in [0.1, 0.15) is 5.15 Å². The largest absolute Gasteiger partial charge is 0.306 e. The highest BCUT2D eigenvalue weighted by molar-refractivity contribution is 6.32. The highest BCUT2D eigenvalue weighted by Gasteiger charge is 2.11. The molecule has 1 unspecified atom stereocenters. The number of aromatic nitrogens is 2. The van der Waals surface area contributed by atoms with Crippen LogP contribution in [0.5, 0.6) is 0 Å². The summed E-state index contributed by atoms with van der Waals surface area (Å²) in [6.07, 6.45) is 2.06. The Morgan fingerprint density at radius 3 is 2.50 bits per heavy atom. The standard InChI is InChI=1S/C13H21Cl2N3/c1-5-9(2)8-18(4)7-6-11-10(3)16-13(15)17-12(11)14/h9H,5-8H2,1-4H3. The zero-order valence-corrected chi connectivity index (χ0v) is 13.0. The van der Waals surface area contributed by atoms with Crippen LogP contribution in [0.25, 0.3) is 0 Å². The molecule has 1 aromatic heterocycles. The van der Waals surface area contributed by atoms with Crippen molar-refractivity contribution in [2.45, 2.75) is 33.6 Å². The molecule has 18 heavy (non-hydrogen) atoms. The highest BCUT2D eigenvalue weighted by Crippen LogP contribution is 2.19. The van der Waals surface area contributed by atoms with Crippen molar-refractivity contribution in [3.8, 4) is 0 Å². The number of likely N-dealkylation sites (N-methyl/N-ethyl adjacent to an activating group) is 1. The number of rotatable bonds is 6. The van der Waals surface area contributed by atoms with E-state index >= 15 is 0 Å². The van der Waals surface area contributed by atoms with Crippen molar-refractivity contribution < 1.29 is 0 Å². The topological polar surface area (TPSA) is 29.0 Å². The molecule has 102 valence electrons. The molecule has 0 saturated carbocycles. The Morgan fingerprint density at radius 1 is 1.28 bits per heavy atom. The second-order valence-corrected chi connectivity index (χ2v) is 5.57. The number of hydrogen-bond donors (Lipinski definition) is 0. The Labute approximate surface area is 120 Å². The molecule has 0 N–H and O–H groups in total. The summed E-state index contributed by atoms with van der Waals surface area (Å²) < 4.78 is 0. The zero-order valence-electron chi connectivity index (χ0n) is 11.5. The van der Waals surface area contributed by atoms with Gasteiger partial charge in [-0.05, 0) is 37.9 Å². The van der Waals surface area contributed by atoms with Gasteiger partial charge in [-0.2, -0.15) is 0 Å². The monoisotopic (exact) mass is 289 g/mol. The number of aryl methyl sites for hydroxylation is 1. The van der Waals surface area contributed by atoms with Gasteiger partial charge < -0.3 is 4.90 Å². The van der Waals surface area contributed by atoms with Crippen LogP contribution in [0, 0.1) is 12.8 Å². The van der Waals surface area contributed by atoms with E-state index in [1.807, 2.05) is 6.92 Å². The molecule has 3 nitrogen and oxygen atoms in total. The maximum atomic E-state index is 6.10. The summed E-state index contributed by atoms with van der Waals surface area (Å²) in [6, 6.07) is 0. The molecule has 0 bridgehead atoms. The van der Waals surface area contributed by atoms with Gasteiger partial charge in [0.25, 0.3) is 0 Å². The maximum absolute atomic E-state index is 6.10. The second-order valence-electron chi connectivity index (χ2n) is 4.87. The minimum Gasteiger partial charge on any atom is -0.306 e. The lowest BCUT2D eigenvalue weighted by atomic mass is 10.1. The predicted molar refractivity (Wildman–Crippen MR) is 77.4 cm³/mol. The molecular formula is C13H21Cl2N3. The first-order chi connectivity index (χ1) is 8.43. The first-order valence-corrected chi connectivity index (χ1v) is 7.06. The lowest BCUT2D eigenvalue weighted by molar-refractivity contribution is 0.285. The van der Waals surface area contributed by atoms with Crippen LogP contribution < -0.4 is 0 Å². The highest BCUT2D eigenvalue weighted by atomic mass is 35.5. The van der Waals surface area contributed by atoms with Crippen LogP contribution in [0.1, 0.15) is 31.5 Å². The Bertz CT molecular complexity index is 373. The van der Waals surface area contributed by atoms with Crippen molar-refractivity contribution in [1.82, 2.24) is 14.9 Å². The van der Waals surface area contributed by atoms with Crippen LogP contribution >= 0.6 is 23.2 Å². The van der Waals surface area contributed by atoms with Crippen LogP contribution in [0.15, 0.2) is 0 Å². The molecule has 0 aromatic carbocycles. The lowest BCUT2D eigenvalue weighted by Crippen LogP contribution is -2.26. The van der Waals surface area contributed by atoms with Gasteiger partial charge >= 0.3 is 0 Å². The summed E-state index contributed by atoms with van der Waals surface area (Å²) in [5.74, 6) is 0.716. The fourth-order valence-electron chi connectivity index (χ4n) is 1.87. The van der Waals surface area contributed by atoms with E-state index in [1.54, 1.807) is 0 Å². The van der Waals surface area contributed by atoms with E-state index in [0.717, 1.165) is 30.8 Å². The smallest absolute Gasteiger partial charge is 0.224 e. The quantitative estimate of drug-likeness (QED) is 0.592. The van der Waals surface area contributed by atoms with Crippen molar-refractivity contribution in [3.05, 3.63) is 21.7 Å². The first kappa shape index (κ1) is 15.7. The minimum atomic E-state index is 0.217. The normalized spacial score (nSPS) is 13.1. The Kier molecular flexibility index (Phi) is 6.33. The summed E-state index contributed by atoms with van der Waals surface area (Å²) >= 11 is 11.9. The molecule has 0 fully saturated rings. The minimum absolute atomic E-state index is 0.217. The molecule has 0 radical (unpaired) electrons. The molecule has 0 aliphatic rings. The van der Waals surface area contributed by atoms with Crippen LogP contribution in [0.2, 0.25) is 10.4 Å². The van der Waals surface area contributed by atoms with E-state index in [9.17, 15) is 0 Å². The van der Waals surface area contributed by atoms with Crippen molar-refractivity contribution in [2.24, 2.45) is 5.92 Å². The van der Waals surface area contributed by atoms with Gasteiger partial charge in [-0.3, -0.25) is 0 Å². The van der Waals surface area contributed by atoms with E-state index in [0.29, 0.717) is 11.1 Å². The molecule has 0 saturated heterocycles. The molecule has 1 aromatic rings. The first-order valence-electron chi connectivity index (χ1n) is 6.31. The van der Waals surface area contributed by atoms with Crippen molar-refractivity contribution in [2.75, 3.05) is 20.1 Å². The second kappa shape index (κ2) is 7.27. The van der Waals surface area contributed by atoms with E-state index in [2.05, 4.69) is 35.8 Å². The van der Waals surface area contributed by atoms with Crippen LogP contribution in [-0.4, -0.2) is 35.0 Å². The van der Waals surface area contributed by atoms with Gasteiger partial charge in [-0.15, -0.1) is 0 Å². The van der Waals surface area contributed by atoms with E-state index < -0.39 is 0 Å². The molecule has 0 spiro atoms. The van der Waals surface area contributed by atoms with Crippen LogP contribution in [0.3, 0.4) is 0 Å². The van der Waals surface area contributed by atoms with Crippen molar-refractivity contribution in [1.29, 1.82) is 0 Å². The molecule has 0 aliphatic carbocycles. The lowest BCUT2D eigenvalue weighted by Gasteiger charge is -2.20. The summed E-state index contributed by atoms with van der Waals surface area (Å²) in [5.41, 5.74) is 1.87. The summed E-state index contributed by atoms with van der Waals surface area (Å²) in [6.45, 7) is 8.45. The molecular weight excluding hydrogens is 269 g/mol. The molecule has 1 atom stereocenters. The van der Waals surface area contributed by atoms with Gasteiger partial charge in [0.05, 0.1) is 0 Å². The van der Waals surface area contributed by atoms with Crippen molar-refractivity contribution in [3.63, 3.8) is 0 Å². The van der Waals surface area contributed by atoms with Crippen LogP contribution in [0.4, 0.5) is 0 Å². The van der Waals surface area contributed by atoms with E-state index in [-0.39, 0.29) is 5.28 Å². The van der Waals surface area contributed by atoms with Gasteiger partial charge in [0.15, 0.2) is 0 Å².